The number of fused-ring (bicyclic) bond motifs is 1. The number of carbonyl (C=O) groups is 2. The summed E-state index contributed by atoms with van der Waals surface area (Å²) in [5.74, 6) is -3.55. The van der Waals surface area contributed by atoms with E-state index in [0.29, 0.717) is 67.8 Å². The van der Waals surface area contributed by atoms with Crippen LogP contribution < -0.4 is 11.1 Å². The van der Waals surface area contributed by atoms with Crippen LogP contribution in [-0.4, -0.2) is 80.0 Å². The number of amides is 1. The zero-order valence-corrected chi connectivity index (χ0v) is 24.4. The summed E-state index contributed by atoms with van der Waals surface area (Å²) in [5, 5.41) is 11.2. The van der Waals surface area contributed by atoms with Crippen molar-refractivity contribution in [3.63, 3.8) is 0 Å². The Labute approximate surface area is 246 Å². The molecule has 0 aliphatic carbocycles. The van der Waals surface area contributed by atoms with Gasteiger partial charge in [-0.1, -0.05) is 6.07 Å². The summed E-state index contributed by atoms with van der Waals surface area (Å²) in [4.78, 5) is 24.4. The van der Waals surface area contributed by atoms with Gasteiger partial charge >= 0.3 is 12.1 Å². The predicted molar refractivity (Wildman–Crippen MR) is 152 cm³/mol. The topological polar surface area (TPSA) is 155 Å². The Morgan fingerprint density at radius 2 is 1.84 bits per heavy atom. The summed E-state index contributed by atoms with van der Waals surface area (Å²) in [6, 6.07) is 8.46. The Bertz CT molecular complexity index is 1550. The average molecular weight is 631 g/mol. The first-order valence-corrected chi connectivity index (χ1v) is 15.0. The molecule has 5 N–H and O–H groups in total. The lowest BCUT2D eigenvalue weighted by Gasteiger charge is -2.31. The number of primary amides is 1. The number of ether oxygens (including phenoxy) is 1. The van der Waals surface area contributed by atoms with E-state index in [0.717, 1.165) is 16.5 Å². The number of carboxylic acids is 1. The van der Waals surface area contributed by atoms with Gasteiger partial charge in [0.15, 0.2) is 0 Å². The highest BCUT2D eigenvalue weighted by Gasteiger charge is 2.38. The second-order valence-electron chi connectivity index (χ2n) is 9.92. The van der Waals surface area contributed by atoms with Gasteiger partial charge in [-0.05, 0) is 66.6 Å². The standard InChI is InChI=1S/C26H33FN4O4S.C2HF3O2/c1-3-36(33,34)31-9-6-18(7-10-31)23-16-30-25-21(23)13-19(14-22(25)26(28)32)20-12-17(4-5-24(20)27)15-29-8-11-35-2;3-2(4,5)1(6)7/h4-5,12-14,16,18,29-30H,3,6-11,15H2,1-2H3,(H2,28,32);(H,6,7). The van der Waals surface area contributed by atoms with Crippen molar-refractivity contribution < 1.29 is 45.4 Å². The molecule has 2 heterocycles. The second kappa shape index (κ2) is 14.3. The first-order valence-electron chi connectivity index (χ1n) is 13.4. The predicted octanol–water partition coefficient (Wildman–Crippen LogP) is 3.97. The number of rotatable bonds is 10. The Kier molecular flexibility index (Phi) is 11.3. The van der Waals surface area contributed by atoms with Gasteiger partial charge in [0.2, 0.25) is 10.0 Å². The molecule has 0 atom stereocenters. The van der Waals surface area contributed by atoms with E-state index in [4.69, 9.17) is 20.4 Å². The lowest BCUT2D eigenvalue weighted by Crippen LogP contribution is -2.38. The molecule has 4 rings (SSSR count). The quantitative estimate of drug-likeness (QED) is 0.195. The van der Waals surface area contributed by atoms with Crippen molar-refractivity contribution in [1.29, 1.82) is 0 Å². The molecule has 43 heavy (non-hydrogen) atoms. The number of carboxylic acid groups (broad SMARTS) is 1. The fraction of sp³-hybridized carbons (Fsp3) is 0.429. The fourth-order valence-electron chi connectivity index (χ4n) is 4.88. The molecule has 0 radical (unpaired) electrons. The summed E-state index contributed by atoms with van der Waals surface area (Å²) in [6.07, 6.45) is -1.89. The molecule has 1 amide bonds. The number of aliphatic carboxylic acids is 1. The Morgan fingerprint density at radius 1 is 1.19 bits per heavy atom. The van der Waals surface area contributed by atoms with E-state index in [2.05, 4.69) is 10.3 Å². The number of H-pyrrole nitrogens is 1. The van der Waals surface area contributed by atoms with E-state index in [-0.39, 0.29) is 17.5 Å². The molecule has 236 valence electrons. The molecule has 3 aromatic rings. The van der Waals surface area contributed by atoms with E-state index in [1.807, 2.05) is 12.3 Å². The Hall–Kier alpha value is -3.53. The minimum atomic E-state index is -5.08. The molecule has 15 heteroatoms. The van der Waals surface area contributed by atoms with E-state index in [1.54, 1.807) is 36.5 Å². The largest absolute Gasteiger partial charge is 0.490 e. The van der Waals surface area contributed by atoms with Crippen molar-refractivity contribution in [2.75, 3.05) is 39.1 Å². The van der Waals surface area contributed by atoms with Crippen LogP contribution >= 0.6 is 0 Å². The number of hydrogen-bond acceptors (Lipinski definition) is 6. The normalized spacial score (nSPS) is 14.8. The molecule has 1 saturated heterocycles. The van der Waals surface area contributed by atoms with Gasteiger partial charge in [0, 0.05) is 50.4 Å². The highest BCUT2D eigenvalue weighted by atomic mass is 32.2. The zero-order valence-electron chi connectivity index (χ0n) is 23.6. The zero-order chi connectivity index (χ0) is 31.9. The summed E-state index contributed by atoms with van der Waals surface area (Å²) < 4.78 is 77.8. The van der Waals surface area contributed by atoms with Gasteiger partial charge in [0.1, 0.15) is 5.82 Å². The van der Waals surface area contributed by atoms with Crippen LogP contribution in [0.25, 0.3) is 22.0 Å². The number of nitrogens with one attached hydrogen (secondary N) is 2. The molecular weight excluding hydrogens is 596 g/mol. The van der Waals surface area contributed by atoms with Crippen LogP contribution in [0, 0.1) is 5.82 Å². The van der Waals surface area contributed by atoms with Gasteiger partial charge in [0.05, 0.1) is 23.4 Å². The van der Waals surface area contributed by atoms with Gasteiger partial charge in [0.25, 0.3) is 5.91 Å². The van der Waals surface area contributed by atoms with Crippen molar-refractivity contribution in [2.24, 2.45) is 5.73 Å². The lowest BCUT2D eigenvalue weighted by atomic mass is 9.88. The Balaban J connectivity index is 0.000000646. The molecule has 0 spiro atoms. The molecule has 0 bridgehead atoms. The van der Waals surface area contributed by atoms with Crippen LogP contribution in [0.3, 0.4) is 0 Å². The van der Waals surface area contributed by atoms with Crippen LogP contribution in [0.15, 0.2) is 36.5 Å². The third-order valence-electron chi connectivity index (χ3n) is 7.14. The van der Waals surface area contributed by atoms with Crippen LogP contribution in [-0.2, 0) is 26.1 Å². The van der Waals surface area contributed by atoms with Gasteiger partial charge in [-0.3, -0.25) is 4.79 Å². The van der Waals surface area contributed by atoms with Crippen LogP contribution in [0.5, 0.6) is 0 Å². The van der Waals surface area contributed by atoms with Crippen molar-refractivity contribution in [2.45, 2.75) is 38.4 Å². The maximum absolute atomic E-state index is 15.0. The SMILES string of the molecule is CCS(=O)(=O)N1CCC(c2c[nH]c3c(C(N)=O)cc(-c4cc(CNCCOC)ccc4F)cc23)CC1.O=C(O)C(F)(F)F. The Morgan fingerprint density at radius 3 is 2.40 bits per heavy atom. The third kappa shape index (κ3) is 8.53. The number of aromatic nitrogens is 1. The minimum absolute atomic E-state index is 0.0859. The summed E-state index contributed by atoms with van der Waals surface area (Å²) in [7, 11) is -1.59. The molecule has 10 nitrogen and oxygen atoms in total. The molecule has 1 aliphatic heterocycles. The number of benzene rings is 2. The van der Waals surface area contributed by atoms with Gasteiger partial charge in [-0.2, -0.15) is 13.2 Å². The van der Waals surface area contributed by atoms with E-state index >= 15 is 0 Å². The number of sulfonamides is 1. The number of carbonyl (C=O) groups excluding carboxylic acids is 1. The number of halogens is 4. The first kappa shape index (κ1) is 34.0. The molecule has 1 fully saturated rings. The highest BCUT2D eigenvalue weighted by molar-refractivity contribution is 7.89. The van der Waals surface area contributed by atoms with Gasteiger partial charge in [-0.25, -0.2) is 21.9 Å². The summed E-state index contributed by atoms with van der Waals surface area (Å²) >= 11 is 0. The van der Waals surface area contributed by atoms with E-state index in [9.17, 15) is 30.8 Å². The van der Waals surface area contributed by atoms with E-state index in [1.165, 1.54) is 6.07 Å². The maximum Gasteiger partial charge on any atom is 0.490 e. The van der Waals surface area contributed by atoms with Crippen molar-refractivity contribution in [1.82, 2.24) is 14.6 Å². The highest BCUT2D eigenvalue weighted by Crippen LogP contribution is 2.37. The molecule has 0 unspecified atom stereocenters. The number of aromatic amines is 1. The number of hydrogen-bond donors (Lipinski definition) is 4. The average Bonchev–Trinajstić information content (AvgIpc) is 3.39. The molecule has 2 aromatic carbocycles. The van der Waals surface area contributed by atoms with Gasteiger partial charge < -0.3 is 25.9 Å². The number of nitrogens with two attached hydrogens (primary N) is 1. The minimum Gasteiger partial charge on any atom is -0.475 e. The van der Waals surface area contributed by atoms with Gasteiger partial charge in [-0.15, -0.1) is 0 Å². The third-order valence-corrected chi connectivity index (χ3v) is 9.02. The molecule has 1 aliphatic rings. The molecular formula is C28H34F4N4O6S. The molecule has 0 saturated carbocycles. The molecule has 1 aromatic heterocycles. The number of methoxy groups -OCH3 is 1. The van der Waals surface area contributed by atoms with Crippen LogP contribution in [0.1, 0.15) is 47.2 Å². The second-order valence-corrected chi connectivity index (χ2v) is 12.2. The lowest BCUT2D eigenvalue weighted by molar-refractivity contribution is -0.192. The maximum atomic E-state index is 15.0. The summed E-state index contributed by atoms with van der Waals surface area (Å²) in [5.41, 5.74) is 9.47. The smallest absolute Gasteiger partial charge is 0.475 e. The number of nitrogens with zero attached hydrogens (tertiary/aromatic N) is 1. The fourth-order valence-corrected chi connectivity index (χ4v) is 6.01. The van der Waals surface area contributed by atoms with E-state index < -0.39 is 28.1 Å². The van der Waals surface area contributed by atoms with Crippen LogP contribution in [0.4, 0.5) is 17.6 Å². The van der Waals surface area contributed by atoms with Crippen molar-refractivity contribution in [3.8, 4) is 11.1 Å². The van der Waals surface area contributed by atoms with Crippen molar-refractivity contribution >= 4 is 32.8 Å². The van der Waals surface area contributed by atoms with Crippen LogP contribution in [0.2, 0.25) is 0 Å². The number of alkyl halides is 3. The number of piperidine rings is 1. The monoisotopic (exact) mass is 630 g/mol. The summed E-state index contributed by atoms with van der Waals surface area (Å²) in [6.45, 7) is 4.34. The van der Waals surface area contributed by atoms with Crippen molar-refractivity contribution in [3.05, 3.63) is 59.0 Å². The first-order chi connectivity index (χ1) is 20.2.